The van der Waals surface area contributed by atoms with E-state index in [-0.39, 0.29) is 11.3 Å². The van der Waals surface area contributed by atoms with E-state index in [0.29, 0.717) is 19.3 Å². The predicted molar refractivity (Wildman–Crippen MR) is 66.0 cm³/mol. The molecule has 1 amide bonds. The summed E-state index contributed by atoms with van der Waals surface area (Å²) in [5, 5.41) is 0. The Morgan fingerprint density at radius 2 is 2.22 bits per heavy atom. The monoisotopic (exact) mass is 250 g/mol. The van der Waals surface area contributed by atoms with Crippen molar-refractivity contribution in [1.82, 2.24) is 0 Å². The molecule has 1 unspecified atom stereocenters. The number of carbonyl (C=O) groups excluding carboxylic acids is 2. The van der Waals surface area contributed by atoms with Crippen LogP contribution in [0.15, 0.2) is 18.2 Å². The molecule has 0 aliphatic carbocycles. The SMILES string of the molecule is NC(=O)C1CCCCN1c1c(F)cccc1C=O. The van der Waals surface area contributed by atoms with Gasteiger partial charge in [0.15, 0.2) is 6.29 Å². The molecule has 1 aliphatic heterocycles. The molecule has 1 fully saturated rings. The third kappa shape index (κ3) is 2.20. The van der Waals surface area contributed by atoms with Gasteiger partial charge in [-0.1, -0.05) is 6.07 Å². The van der Waals surface area contributed by atoms with Gasteiger partial charge in [0.05, 0.1) is 5.69 Å². The lowest BCUT2D eigenvalue weighted by atomic mass is 9.99. The van der Waals surface area contributed by atoms with Crippen LogP contribution in [-0.2, 0) is 4.79 Å². The van der Waals surface area contributed by atoms with E-state index in [9.17, 15) is 14.0 Å². The normalized spacial score (nSPS) is 19.6. The van der Waals surface area contributed by atoms with Crippen LogP contribution >= 0.6 is 0 Å². The fraction of sp³-hybridized carbons (Fsp3) is 0.385. The minimum Gasteiger partial charge on any atom is -0.368 e. The zero-order valence-electron chi connectivity index (χ0n) is 9.93. The molecule has 96 valence electrons. The number of hydrogen-bond acceptors (Lipinski definition) is 3. The maximum Gasteiger partial charge on any atom is 0.240 e. The van der Waals surface area contributed by atoms with E-state index in [1.54, 1.807) is 4.90 Å². The highest BCUT2D eigenvalue weighted by atomic mass is 19.1. The molecule has 0 bridgehead atoms. The molecule has 5 heteroatoms. The first-order valence-electron chi connectivity index (χ1n) is 5.95. The third-order valence-corrected chi connectivity index (χ3v) is 3.26. The van der Waals surface area contributed by atoms with E-state index in [1.165, 1.54) is 18.2 Å². The molecular weight excluding hydrogens is 235 g/mol. The highest BCUT2D eigenvalue weighted by Gasteiger charge is 2.30. The molecule has 0 aromatic heterocycles. The number of amides is 1. The Bertz CT molecular complexity index is 476. The van der Waals surface area contributed by atoms with Gasteiger partial charge in [-0.05, 0) is 31.4 Å². The van der Waals surface area contributed by atoms with Crippen molar-refractivity contribution in [1.29, 1.82) is 0 Å². The summed E-state index contributed by atoms with van der Waals surface area (Å²) in [6, 6.07) is 3.77. The van der Waals surface area contributed by atoms with Crippen molar-refractivity contribution in [2.75, 3.05) is 11.4 Å². The van der Waals surface area contributed by atoms with Crippen molar-refractivity contribution in [3.63, 3.8) is 0 Å². The van der Waals surface area contributed by atoms with Crippen LogP contribution in [0.5, 0.6) is 0 Å². The second-order valence-corrected chi connectivity index (χ2v) is 4.40. The molecule has 0 saturated carbocycles. The van der Waals surface area contributed by atoms with E-state index >= 15 is 0 Å². The average Bonchev–Trinajstić information content (AvgIpc) is 2.38. The molecule has 0 spiro atoms. The summed E-state index contributed by atoms with van der Waals surface area (Å²) >= 11 is 0. The van der Waals surface area contributed by atoms with Crippen LogP contribution < -0.4 is 10.6 Å². The minimum atomic E-state index is -0.533. The van der Waals surface area contributed by atoms with Crippen molar-refractivity contribution >= 4 is 17.9 Å². The number of anilines is 1. The van der Waals surface area contributed by atoms with Crippen LogP contribution in [0.25, 0.3) is 0 Å². The lowest BCUT2D eigenvalue weighted by Crippen LogP contribution is -2.48. The largest absolute Gasteiger partial charge is 0.368 e. The molecule has 1 saturated heterocycles. The molecule has 1 aromatic carbocycles. The van der Waals surface area contributed by atoms with Crippen molar-refractivity contribution < 1.29 is 14.0 Å². The van der Waals surface area contributed by atoms with Gasteiger partial charge in [-0.3, -0.25) is 9.59 Å². The van der Waals surface area contributed by atoms with Gasteiger partial charge in [0.1, 0.15) is 11.9 Å². The number of piperidine rings is 1. The second-order valence-electron chi connectivity index (χ2n) is 4.40. The number of para-hydroxylation sites is 1. The Morgan fingerprint density at radius 1 is 1.44 bits per heavy atom. The minimum absolute atomic E-state index is 0.191. The first-order chi connectivity index (χ1) is 8.65. The maximum atomic E-state index is 13.9. The topological polar surface area (TPSA) is 63.4 Å². The molecule has 1 aromatic rings. The summed E-state index contributed by atoms with van der Waals surface area (Å²) in [5.41, 5.74) is 5.79. The number of nitrogens with two attached hydrogens (primary N) is 1. The van der Waals surface area contributed by atoms with Gasteiger partial charge in [0, 0.05) is 12.1 Å². The first-order valence-corrected chi connectivity index (χ1v) is 5.95. The Hall–Kier alpha value is -1.91. The van der Waals surface area contributed by atoms with Gasteiger partial charge in [0.2, 0.25) is 5.91 Å². The number of nitrogens with zero attached hydrogens (tertiary/aromatic N) is 1. The summed E-state index contributed by atoms with van der Waals surface area (Å²) in [5.74, 6) is -0.970. The van der Waals surface area contributed by atoms with Crippen LogP contribution in [-0.4, -0.2) is 24.8 Å². The lowest BCUT2D eigenvalue weighted by Gasteiger charge is -2.36. The molecule has 1 aliphatic rings. The molecular formula is C13H15FN2O2. The fourth-order valence-corrected chi connectivity index (χ4v) is 2.43. The predicted octanol–water partition coefficient (Wildman–Crippen LogP) is 1.48. The van der Waals surface area contributed by atoms with Gasteiger partial charge in [-0.15, -0.1) is 0 Å². The van der Waals surface area contributed by atoms with Crippen molar-refractivity contribution in [2.24, 2.45) is 5.73 Å². The Labute approximate surface area is 105 Å². The van der Waals surface area contributed by atoms with Crippen LogP contribution in [0.3, 0.4) is 0 Å². The molecule has 1 heterocycles. The Morgan fingerprint density at radius 3 is 2.89 bits per heavy atom. The van der Waals surface area contributed by atoms with Crippen LogP contribution in [0.4, 0.5) is 10.1 Å². The first kappa shape index (κ1) is 12.5. The van der Waals surface area contributed by atoms with E-state index < -0.39 is 17.8 Å². The third-order valence-electron chi connectivity index (χ3n) is 3.26. The van der Waals surface area contributed by atoms with Crippen LogP contribution in [0.1, 0.15) is 29.6 Å². The van der Waals surface area contributed by atoms with Gasteiger partial charge < -0.3 is 10.6 Å². The molecule has 18 heavy (non-hydrogen) atoms. The lowest BCUT2D eigenvalue weighted by molar-refractivity contribution is -0.119. The number of benzene rings is 1. The van der Waals surface area contributed by atoms with Gasteiger partial charge >= 0.3 is 0 Å². The highest BCUT2D eigenvalue weighted by molar-refractivity contribution is 5.89. The second kappa shape index (κ2) is 5.16. The number of rotatable bonds is 3. The zero-order valence-corrected chi connectivity index (χ0v) is 9.93. The Kier molecular flexibility index (Phi) is 3.60. The van der Waals surface area contributed by atoms with E-state index in [0.717, 1.165) is 12.8 Å². The molecule has 2 rings (SSSR count). The highest BCUT2D eigenvalue weighted by Crippen LogP contribution is 2.29. The van der Waals surface area contributed by atoms with Crippen molar-refractivity contribution in [3.05, 3.63) is 29.6 Å². The van der Waals surface area contributed by atoms with Gasteiger partial charge in [0.25, 0.3) is 0 Å². The van der Waals surface area contributed by atoms with Gasteiger partial charge in [-0.2, -0.15) is 0 Å². The average molecular weight is 250 g/mol. The molecule has 2 N–H and O–H groups in total. The molecule has 0 radical (unpaired) electrons. The van der Waals surface area contributed by atoms with E-state index in [4.69, 9.17) is 5.73 Å². The quantitative estimate of drug-likeness (QED) is 0.826. The van der Waals surface area contributed by atoms with Crippen LogP contribution in [0, 0.1) is 5.82 Å². The Balaban J connectivity index is 2.45. The summed E-state index contributed by atoms with van der Waals surface area (Å²) in [6.07, 6.45) is 2.94. The van der Waals surface area contributed by atoms with Gasteiger partial charge in [-0.25, -0.2) is 4.39 Å². The zero-order chi connectivity index (χ0) is 13.1. The van der Waals surface area contributed by atoms with Crippen LogP contribution in [0.2, 0.25) is 0 Å². The van der Waals surface area contributed by atoms with E-state index in [1.807, 2.05) is 0 Å². The summed E-state index contributed by atoms with van der Waals surface area (Å²) < 4.78 is 13.9. The number of primary amides is 1. The molecule has 4 nitrogen and oxygen atoms in total. The standard InChI is InChI=1S/C13H15FN2O2/c14-10-5-3-4-9(8-17)12(10)16-7-2-1-6-11(16)13(15)18/h3-5,8,11H,1-2,6-7H2,(H2,15,18). The fourth-order valence-electron chi connectivity index (χ4n) is 2.43. The summed E-state index contributed by atoms with van der Waals surface area (Å²) in [7, 11) is 0. The van der Waals surface area contributed by atoms with E-state index in [2.05, 4.69) is 0 Å². The molecule has 1 atom stereocenters. The number of halogens is 1. The number of hydrogen-bond donors (Lipinski definition) is 1. The smallest absolute Gasteiger partial charge is 0.240 e. The number of aldehydes is 1. The maximum absolute atomic E-state index is 13.9. The van der Waals surface area contributed by atoms with Crippen molar-refractivity contribution in [2.45, 2.75) is 25.3 Å². The van der Waals surface area contributed by atoms with Crippen molar-refractivity contribution in [3.8, 4) is 0 Å². The summed E-state index contributed by atoms with van der Waals surface area (Å²) in [4.78, 5) is 24.0. The summed E-state index contributed by atoms with van der Waals surface area (Å²) in [6.45, 7) is 0.537. The number of carbonyl (C=O) groups is 2.